The minimum Gasteiger partial charge on any atom is -0.366 e. The van der Waals surface area contributed by atoms with Gasteiger partial charge in [-0.2, -0.15) is 0 Å². The molecule has 3 rings (SSSR count). The van der Waals surface area contributed by atoms with Gasteiger partial charge in [0, 0.05) is 11.1 Å². The third-order valence-electron chi connectivity index (χ3n) is 5.90. The van der Waals surface area contributed by atoms with E-state index in [4.69, 9.17) is 11.5 Å². The smallest absolute Gasteiger partial charge is 0.249 e. The molecule has 4 N–H and O–H groups in total. The number of nitrogens with two attached hydrogens (primary N) is 2. The molecule has 0 radical (unpaired) electrons. The van der Waals surface area contributed by atoms with E-state index in [9.17, 15) is 13.2 Å². The number of allylic oxidation sites excluding steroid dienone is 2. The van der Waals surface area contributed by atoms with Gasteiger partial charge in [0.25, 0.3) is 0 Å². The van der Waals surface area contributed by atoms with Crippen LogP contribution in [-0.2, 0) is 15.4 Å². The number of amides is 1. The third-order valence-corrected chi connectivity index (χ3v) is 7.55. The van der Waals surface area contributed by atoms with Crippen molar-refractivity contribution in [2.24, 2.45) is 16.9 Å². The van der Waals surface area contributed by atoms with Gasteiger partial charge in [0.15, 0.2) is 0 Å². The van der Waals surface area contributed by atoms with Crippen LogP contribution in [0.15, 0.2) is 24.3 Å². The quantitative estimate of drug-likeness (QED) is 0.846. The summed E-state index contributed by atoms with van der Waals surface area (Å²) in [5.41, 5.74) is 15.1. The third kappa shape index (κ3) is 3.86. The van der Waals surface area contributed by atoms with Crippen molar-refractivity contribution in [3.05, 3.63) is 41.0 Å². The van der Waals surface area contributed by atoms with Crippen molar-refractivity contribution >= 4 is 21.3 Å². The van der Waals surface area contributed by atoms with Crippen LogP contribution >= 0.6 is 0 Å². The molecule has 1 amide bonds. The fraction of sp³-hybridized carbons (Fsp3) is 0.550. The van der Waals surface area contributed by atoms with Gasteiger partial charge in [-0.25, -0.2) is 8.42 Å². The van der Waals surface area contributed by atoms with Crippen LogP contribution in [0.1, 0.15) is 67.4 Å². The van der Waals surface area contributed by atoms with Crippen LogP contribution in [0, 0.1) is 5.41 Å². The second-order valence-electron chi connectivity index (χ2n) is 8.53. The summed E-state index contributed by atoms with van der Waals surface area (Å²) < 4.78 is 23.5. The van der Waals surface area contributed by atoms with Crippen molar-refractivity contribution in [1.29, 1.82) is 0 Å². The summed E-state index contributed by atoms with van der Waals surface area (Å²) in [6.45, 7) is 4.48. The van der Waals surface area contributed by atoms with Crippen LogP contribution < -0.4 is 11.5 Å². The summed E-state index contributed by atoms with van der Waals surface area (Å²) in [5.74, 6) is -0.241. The van der Waals surface area contributed by atoms with Crippen molar-refractivity contribution in [1.82, 2.24) is 0 Å². The summed E-state index contributed by atoms with van der Waals surface area (Å²) in [4.78, 5) is 11.9. The monoisotopic (exact) mass is 376 g/mol. The van der Waals surface area contributed by atoms with E-state index in [0.717, 1.165) is 36.0 Å². The lowest BCUT2D eigenvalue weighted by Crippen LogP contribution is -2.44. The van der Waals surface area contributed by atoms with E-state index in [1.165, 1.54) is 0 Å². The maximum Gasteiger partial charge on any atom is 0.249 e. The zero-order valence-electron chi connectivity index (χ0n) is 15.5. The largest absolute Gasteiger partial charge is 0.366 e. The van der Waals surface area contributed by atoms with Crippen LogP contribution in [0.2, 0.25) is 0 Å². The lowest BCUT2D eigenvalue weighted by molar-refractivity contribution is 0.1000. The molecule has 26 heavy (non-hydrogen) atoms. The second-order valence-corrected chi connectivity index (χ2v) is 10.8. The van der Waals surface area contributed by atoms with Crippen LogP contribution in [0.3, 0.4) is 0 Å². The molecule has 0 atom stereocenters. The Balaban J connectivity index is 2.00. The molecule has 5 nitrogen and oxygen atoms in total. The van der Waals surface area contributed by atoms with Crippen LogP contribution in [0.25, 0.3) is 5.57 Å². The van der Waals surface area contributed by atoms with E-state index in [1.54, 1.807) is 6.07 Å². The summed E-state index contributed by atoms with van der Waals surface area (Å²) in [6, 6.07) is 5.53. The molecule has 0 aromatic heterocycles. The van der Waals surface area contributed by atoms with E-state index < -0.39 is 21.3 Å². The standard InChI is InChI=1S/C20H28N2O3S/c1-19(2)7-5-14(6-8-19)17-13-15(3-4-16(17)18(21)23)20(22)9-11-26(24,25)12-10-20/h3-5,13H,6-12,22H2,1-2H3,(H2,21,23). The van der Waals surface area contributed by atoms with E-state index in [2.05, 4.69) is 19.9 Å². The Morgan fingerprint density at radius 2 is 1.77 bits per heavy atom. The highest BCUT2D eigenvalue weighted by atomic mass is 32.2. The Kier molecular flexibility index (Phi) is 4.78. The number of carbonyl (C=O) groups is 1. The summed E-state index contributed by atoms with van der Waals surface area (Å²) in [7, 11) is -2.99. The van der Waals surface area contributed by atoms with Crippen molar-refractivity contribution in [2.45, 2.75) is 51.5 Å². The number of primary amides is 1. The van der Waals surface area contributed by atoms with Crippen molar-refractivity contribution in [3.63, 3.8) is 0 Å². The molecule has 1 saturated heterocycles. The predicted octanol–water partition coefficient (Wildman–Crippen LogP) is 2.74. The van der Waals surface area contributed by atoms with Gasteiger partial charge in [-0.3, -0.25) is 4.79 Å². The molecule has 1 aromatic carbocycles. The molecule has 1 fully saturated rings. The minimum atomic E-state index is -2.99. The Morgan fingerprint density at radius 3 is 2.31 bits per heavy atom. The molecule has 0 unspecified atom stereocenters. The molecule has 1 aliphatic heterocycles. The average Bonchev–Trinajstić information content (AvgIpc) is 2.57. The van der Waals surface area contributed by atoms with Gasteiger partial charge in [-0.05, 0) is 66.4 Å². The highest BCUT2D eigenvalue weighted by Crippen LogP contribution is 2.40. The Morgan fingerprint density at radius 1 is 1.12 bits per heavy atom. The van der Waals surface area contributed by atoms with Gasteiger partial charge in [0.05, 0.1) is 11.5 Å². The van der Waals surface area contributed by atoms with Gasteiger partial charge >= 0.3 is 0 Å². The first kappa shape index (κ1) is 19.1. The van der Waals surface area contributed by atoms with Crippen LogP contribution in [0.4, 0.5) is 0 Å². The number of benzene rings is 1. The fourth-order valence-electron chi connectivity index (χ4n) is 3.85. The summed E-state index contributed by atoms with van der Waals surface area (Å²) in [5, 5.41) is 0. The SMILES string of the molecule is CC1(C)CC=C(c2cc(C3(N)CCS(=O)(=O)CC3)ccc2C(N)=O)CC1. The lowest BCUT2D eigenvalue weighted by Gasteiger charge is -2.35. The predicted molar refractivity (Wildman–Crippen MR) is 104 cm³/mol. The molecule has 0 bridgehead atoms. The first-order chi connectivity index (χ1) is 12.0. The fourth-order valence-corrected chi connectivity index (χ4v) is 5.40. The Labute approximate surface area is 155 Å². The molecular formula is C20H28N2O3S. The zero-order valence-corrected chi connectivity index (χ0v) is 16.4. The summed E-state index contributed by atoms with van der Waals surface area (Å²) in [6.07, 6.45) is 5.89. The molecular weight excluding hydrogens is 348 g/mol. The van der Waals surface area contributed by atoms with Gasteiger partial charge in [0.1, 0.15) is 9.84 Å². The first-order valence-corrected chi connectivity index (χ1v) is 11.0. The molecule has 142 valence electrons. The number of carbonyl (C=O) groups excluding carboxylic acids is 1. The molecule has 1 aromatic rings. The second kappa shape index (κ2) is 6.50. The van der Waals surface area contributed by atoms with E-state index in [-0.39, 0.29) is 16.9 Å². The minimum absolute atomic E-state index is 0.104. The Hall–Kier alpha value is -1.66. The van der Waals surface area contributed by atoms with Gasteiger partial charge < -0.3 is 11.5 Å². The van der Waals surface area contributed by atoms with Crippen molar-refractivity contribution in [3.8, 4) is 0 Å². The highest BCUT2D eigenvalue weighted by molar-refractivity contribution is 7.91. The van der Waals surface area contributed by atoms with Crippen molar-refractivity contribution in [2.75, 3.05) is 11.5 Å². The number of hydrogen-bond acceptors (Lipinski definition) is 4. The van der Waals surface area contributed by atoms with Gasteiger partial charge in [-0.15, -0.1) is 0 Å². The lowest BCUT2D eigenvalue weighted by atomic mass is 9.75. The summed E-state index contributed by atoms with van der Waals surface area (Å²) >= 11 is 0. The van der Waals surface area contributed by atoms with Gasteiger partial charge in [0.2, 0.25) is 5.91 Å². The molecule has 1 heterocycles. The van der Waals surface area contributed by atoms with E-state index in [1.807, 2.05) is 12.1 Å². The molecule has 6 heteroatoms. The maximum absolute atomic E-state index is 11.9. The first-order valence-electron chi connectivity index (χ1n) is 9.14. The van der Waals surface area contributed by atoms with Crippen molar-refractivity contribution < 1.29 is 13.2 Å². The van der Waals surface area contributed by atoms with Gasteiger partial charge in [-0.1, -0.05) is 26.0 Å². The van der Waals surface area contributed by atoms with Crippen LogP contribution in [0.5, 0.6) is 0 Å². The number of sulfone groups is 1. The maximum atomic E-state index is 11.9. The van der Waals surface area contributed by atoms with E-state index >= 15 is 0 Å². The highest BCUT2D eigenvalue weighted by Gasteiger charge is 2.36. The van der Waals surface area contributed by atoms with E-state index in [0.29, 0.717) is 18.4 Å². The Bertz CT molecular complexity index is 855. The molecule has 2 aliphatic rings. The molecule has 1 aliphatic carbocycles. The normalized spacial score (nSPS) is 23.9. The number of rotatable bonds is 3. The topological polar surface area (TPSA) is 103 Å². The molecule has 0 saturated carbocycles. The average molecular weight is 377 g/mol. The van der Waals surface area contributed by atoms with Crippen LogP contribution in [-0.4, -0.2) is 25.8 Å². The zero-order chi connectivity index (χ0) is 19.2. The number of hydrogen-bond donors (Lipinski definition) is 2. The molecule has 0 spiro atoms.